The van der Waals surface area contributed by atoms with Gasteiger partial charge in [-0.1, -0.05) is 13.0 Å². The molecule has 0 heterocycles. The Bertz CT molecular complexity index is 777. The van der Waals surface area contributed by atoms with Gasteiger partial charge in [0.05, 0.1) is 10.6 Å². The van der Waals surface area contributed by atoms with Crippen molar-refractivity contribution >= 4 is 21.4 Å². The normalized spacial score (nSPS) is 11.4. The molecule has 0 saturated heterocycles. The van der Waals surface area contributed by atoms with E-state index >= 15 is 0 Å². The van der Waals surface area contributed by atoms with Crippen LogP contribution in [0.3, 0.4) is 0 Å². The van der Waals surface area contributed by atoms with Crippen molar-refractivity contribution in [2.45, 2.75) is 18.2 Å². The summed E-state index contributed by atoms with van der Waals surface area (Å²) in [6.07, 6.45) is 0.724. The minimum Gasteiger partial charge on any atom is -0.398 e. The van der Waals surface area contributed by atoms with Crippen molar-refractivity contribution in [2.75, 3.05) is 10.5 Å². The Hall–Kier alpha value is -2.15. The Morgan fingerprint density at radius 3 is 2.38 bits per heavy atom. The van der Waals surface area contributed by atoms with E-state index in [1.165, 1.54) is 6.07 Å². The number of hydrogen-bond acceptors (Lipinski definition) is 3. The van der Waals surface area contributed by atoms with Crippen LogP contribution in [0.25, 0.3) is 0 Å². The molecule has 0 aliphatic carbocycles. The van der Waals surface area contributed by atoms with Gasteiger partial charge in [0.1, 0.15) is 0 Å². The molecule has 3 N–H and O–H groups in total. The van der Waals surface area contributed by atoms with Gasteiger partial charge < -0.3 is 5.73 Å². The Kier molecular flexibility index (Phi) is 4.13. The lowest BCUT2D eigenvalue weighted by Crippen LogP contribution is -2.13. The number of nitrogens with two attached hydrogens (primary N) is 1. The maximum atomic E-state index is 13.1. The van der Waals surface area contributed by atoms with Crippen molar-refractivity contribution in [3.05, 3.63) is 53.6 Å². The molecule has 2 aromatic rings. The lowest BCUT2D eigenvalue weighted by atomic mass is 10.1. The number of sulfonamides is 1. The lowest BCUT2D eigenvalue weighted by molar-refractivity contribution is 0.504. The predicted octanol–water partition coefficient (Wildman–Crippen LogP) is 2.91. The van der Waals surface area contributed by atoms with E-state index in [9.17, 15) is 17.2 Å². The van der Waals surface area contributed by atoms with E-state index in [-0.39, 0.29) is 10.6 Å². The second-order valence-electron chi connectivity index (χ2n) is 4.45. The Morgan fingerprint density at radius 2 is 1.81 bits per heavy atom. The zero-order valence-electron chi connectivity index (χ0n) is 11.2. The van der Waals surface area contributed by atoms with Crippen LogP contribution in [0.1, 0.15) is 12.5 Å². The molecule has 0 saturated carbocycles. The number of hydrogen-bond donors (Lipinski definition) is 2. The first-order valence-corrected chi connectivity index (χ1v) is 7.68. The monoisotopic (exact) mass is 312 g/mol. The fourth-order valence-electron chi connectivity index (χ4n) is 1.84. The van der Waals surface area contributed by atoms with E-state index in [4.69, 9.17) is 5.73 Å². The second kappa shape index (κ2) is 5.69. The second-order valence-corrected chi connectivity index (χ2v) is 6.13. The average Bonchev–Trinajstić information content (AvgIpc) is 2.41. The quantitative estimate of drug-likeness (QED) is 0.853. The van der Waals surface area contributed by atoms with E-state index in [0.29, 0.717) is 11.8 Å². The van der Waals surface area contributed by atoms with Gasteiger partial charge >= 0.3 is 0 Å². The largest absolute Gasteiger partial charge is 0.398 e. The summed E-state index contributed by atoms with van der Waals surface area (Å²) in [4.78, 5) is -0.362. The summed E-state index contributed by atoms with van der Waals surface area (Å²) in [5, 5.41) is 0. The van der Waals surface area contributed by atoms with Crippen LogP contribution in [-0.4, -0.2) is 8.42 Å². The van der Waals surface area contributed by atoms with Gasteiger partial charge in [-0.25, -0.2) is 17.2 Å². The molecule has 4 nitrogen and oxygen atoms in total. The molecule has 0 radical (unpaired) electrons. The highest BCUT2D eigenvalue weighted by atomic mass is 32.2. The summed E-state index contributed by atoms with van der Waals surface area (Å²) < 4.78 is 52.4. The maximum absolute atomic E-state index is 13.1. The topological polar surface area (TPSA) is 72.2 Å². The third-order valence-electron chi connectivity index (χ3n) is 2.98. The Balaban J connectivity index is 2.32. The molecule has 0 bridgehead atoms. The average molecular weight is 312 g/mol. The van der Waals surface area contributed by atoms with Crippen LogP contribution < -0.4 is 10.5 Å². The number of aryl methyl sites for hydroxylation is 1. The Labute approximate surface area is 121 Å². The van der Waals surface area contributed by atoms with Crippen LogP contribution in [0, 0.1) is 11.6 Å². The number of halogens is 2. The molecule has 2 aromatic carbocycles. The van der Waals surface area contributed by atoms with Gasteiger partial charge in [0.25, 0.3) is 10.0 Å². The van der Waals surface area contributed by atoms with E-state index in [0.717, 1.165) is 24.1 Å². The van der Waals surface area contributed by atoms with Gasteiger partial charge in [-0.2, -0.15) is 0 Å². The SMILES string of the molecule is CCc1ccc(NS(=O)(=O)c2ccc(F)c(F)c2)cc1N. The van der Waals surface area contributed by atoms with E-state index < -0.39 is 21.7 Å². The first-order chi connectivity index (χ1) is 9.83. The van der Waals surface area contributed by atoms with Crippen molar-refractivity contribution < 1.29 is 17.2 Å². The molecule has 7 heteroatoms. The summed E-state index contributed by atoms with van der Waals surface area (Å²) in [7, 11) is -4.00. The van der Waals surface area contributed by atoms with Crippen LogP contribution in [0.15, 0.2) is 41.3 Å². The fourth-order valence-corrected chi connectivity index (χ4v) is 2.90. The first-order valence-electron chi connectivity index (χ1n) is 6.19. The van der Waals surface area contributed by atoms with Crippen LogP contribution in [0.5, 0.6) is 0 Å². The van der Waals surface area contributed by atoms with Crippen LogP contribution >= 0.6 is 0 Å². The van der Waals surface area contributed by atoms with Crippen LogP contribution in [0.2, 0.25) is 0 Å². The predicted molar refractivity (Wildman–Crippen MR) is 77.4 cm³/mol. The Morgan fingerprint density at radius 1 is 1.10 bits per heavy atom. The standard InChI is InChI=1S/C14H14F2N2O2S/c1-2-9-3-4-10(7-14(9)17)18-21(19,20)11-5-6-12(15)13(16)8-11/h3-8,18H,2,17H2,1H3. The van der Waals surface area contributed by atoms with Crippen molar-refractivity contribution in [3.8, 4) is 0 Å². The summed E-state index contributed by atoms with van der Waals surface area (Å²) in [5.41, 5.74) is 7.40. The van der Waals surface area contributed by atoms with Crippen molar-refractivity contribution in [1.82, 2.24) is 0 Å². The third-order valence-corrected chi connectivity index (χ3v) is 4.36. The molecule has 0 fully saturated rings. The summed E-state index contributed by atoms with van der Waals surface area (Å²) in [6.45, 7) is 1.93. The van der Waals surface area contributed by atoms with Gasteiger partial charge in [0.2, 0.25) is 0 Å². The first kappa shape index (κ1) is 15.2. The summed E-state index contributed by atoms with van der Waals surface area (Å²) >= 11 is 0. The highest BCUT2D eigenvalue weighted by Crippen LogP contribution is 2.22. The molecule has 0 spiro atoms. The van der Waals surface area contributed by atoms with Gasteiger partial charge in [0.15, 0.2) is 11.6 Å². The third kappa shape index (κ3) is 3.30. The molecule has 21 heavy (non-hydrogen) atoms. The van der Waals surface area contributed by atoms with Gasteiger partial charge in [-0.05, 0) is 42.3 Å². The molecule has 0 aliphatic rings. The van der Waals surface area contributed by atoms with Crippen LogP contribution in [0.4, 0.5) is 20.2 Å². The molecule has 0 unspecified atom stereocenters. The highest BCUT2D eigenvalue weighted by molar-refractivity contribution is 7.92. The number of rotatable bonds is 4. The summed E-state index contributed by atoms with van der Waals surface area (Å²) in [6, 6.07) is 7.13. The minimum atomic E-state index is -4.00. The maximum Gasteiger partial charge on any atom is 0.262 e. The van der Waals surface area contributed by atoms with E-state index in [1.807, 2.05) is 6.92 Å². The van der Waals surface area contributed by atoms with E-state index in [2.05, 4.69) is 4.72 Å². The molecule has 112 valence electrons. The number of benzene rings is 2. The molecule has 2 rings (SSSR count). The van der Waals surface area contributed by atoms with Gasteiger partial charge in [0, 0.05) is 5.69 Å². The fraction of sp³-hybridized carbons (Fsp3) is 0.143. The van der Waals surface area contributed by atoms with Gasteiger partial charge in [-0.15, -0.1) is 0 Å². The number of nitrogen functional groups attached to an aromatic ring is 1. The zero-order valence-corrected chi connectivity index (χ0v) is 12.0. The molecule has 0 aromatic heterocycles. The number of nitrogens with one attached hydrogen (secondary N) is 1. The molecule has 0 amide bonds. The number of anilines is 2. The molecule has 0 atom stereocenters. The zero-order chi connectivity index (χ0) is 15.6. The minimum absolute atomic E-state index is 0.259. The summed E-state index contributed by atoms with van der Waals surface area (Å²) in [5.74, 6) is -2.33. The lowest BCUT2D eigenvalue weighted by Gasteiger charge is -2.10. The van der Waals surface area contributed by atoms with Crippen LogP contribution in [-0.2, 0) is 16.4 Å². The van der Waals surface area contributed by atoms with Gasteiger partial charge in [-0.3, -0.25) is 4.72 Å². The smallest absolute Gasteiger partial charge is 0.262 e. The van der Waals surface area contributed by atoms with Crippen molar-refractivity contribution in [2.24, 2.45) is 0 Å². The molecular formula is C14H14F2N2O2S. The molecule has 0 aliphatic heterocycles. The molecular weight excluding hydrogens is 298 g/mol. The van der Waals surface area contributed by atoms with Crippen molar-refractivity contribution in [3.63, 3.8) is 0 Å². The van der Waals surface area contributed by atoms with E-state index in [1.54, 1.807) is 12.1 Å². The highest BCUT2D eigenvalue weighted by Gasteiger charge is 2.17. The van der Waals surface area contributed by atoms with Crippen molar-refractivity contribution in [1.29, 1.82) is 0 Å².